The largest absolute Gasteiger partial charge is 0.507 e. The summed E-state index contributed by atoms with van der Waals surface area (Å²) >= 11 is 6.86. The third kappa shape index (κ3) is 3.90. The van der Waals surface area contributed by atoms with E-state index in [-0.39, 0.29) is 29.7 Å². The van der Waals surface area contributed by atoms with Crippen LogP contribution in [0.15, 0.2) is 6.07 Å². The summed E-state index contributed by atoms with van der Waals surface area (Å²) in [5.41, 5.74) is 3.58. The number of primary amides is 1. The fourth-order valence-corrected chi connectivity index (χ4v) is 7.77. The van der Waals surface area contributed by atoms with Crippen molar-refractivity contribution in [3.8, 4) is 5.75 Å². The number of hydrogen-bond acceptors (Lipinski definition) is 9. The molecule has 0 aromatic heterocycles. The Morgan fingerprint density at radius 1 is 1.21 bits per heavy atom. The van der Waals surface area contributed by atoms with Gasteiger partial charge in [-0.25, -0.2) is 0 Å². The van der Waals surface area contributed by atoms with E-state index in [0.29, 0.717) is 22.7 Å². The summed E-state index contributed by atoms with van der Waals surface area (Å²) in [6.45, 7) is 5.65. The molecule has 4 aliphatic rings. The van der Waals surface area contributed by atoms with Gasteiger partial charge in [0.2, 0.25) is 5.91 Å². The van der Waals surface area contributed by atoms with Gasteiger partial charge in [0, 0.05) is 23.0 Å². The first kappa shape index (κ1) is 27.9. The van der Waals surface area contributed by atoms with E-state index in [1.54, 1.807) is 14.1 Å². The highest BCUT2D eigenvalue weighted by atomic mass is 35.5. The maximum Gasteiger partial charge on any atom is 0.235 e. The summed E-state index contributed by atoms with van der Waals surface area (Å²) in [6.07, 6.45) is 2.20. The van der Waals surface area contributed by atoms with Gasteiger partial charge < -0.3 is 15.9 Å². The Balaban J connectivity index is 1.58. The summed E-state index contributed by atoms with van der Waals surface area (Å²) < 4.78 is 0. The van der Waals surface area contributed by atoms with Crippen LogP contribution in [0, 0.1) is 23.7 Å². The van der Waals surface area contributed by atoms with Gasteiger partial charge in [-0.05, 0) is 83.3 Å². The van der Waals surface area contributed by atoms with Crippen LogP contribution in [-0.2, 0) is 32.1 Å². The van der Waals surface area contributed by atoms with Gasteiger partial charge in [-0.1, -0.05) is 11.6 Å². The van der Waals surface area contributed by atoms with E-state index in [0.717, 1.165) is 19.4 Å². The molecule has 11 heteroatoms. The second-order valence-corrected chi connectivity index (χ2v) is 12.7. The highest BCUT2D eigenvalue weighted by molar-refractivity contribution is 6.34. The van der Waals surface area contributed by atoms with E-state index >= 15 is 0 Å². The Morgan fingerprint density at radius 3 is 2.44 bits per heavy atom. The molecule has 0 bridgehead atoms. The number of ketones is 4. The number of fused-ring (bicyclic) bond motifs is 3. The van der Waals surface area contributed by atoms with E-state index in [1.807, 2.05) is 0 Å². The van der Waals surface area contributed by atoms with Crippen molar-refractivity contribution in [2.45, 2.75) is 63.3 Å². The predicted molar refractivity (Wildman–Crippen MR) is 140 cm³/mol. The minimum absolute atomic E-state index is 0.00955. The van der Waals surface area contributed by atoms with Gasteiger partial charge in [-0.15, -0.1) is 0 Å². The van der Waals surface area contributed by atoms with Gasteiger partial charge in [0.1, 0.15) is 5.75 Å². The number of amides is 1. The number of aromatic hydroxyl groups is 1. The smallest absolute Gasteiger partial charge is 0.235 e. The molecule has 1 aromatic rings. The lowest BCUT2D eigenvalue weighted by Crippen LogP contribution is -2.74. The van der Waals surface area contributed by atoms with Gasteiger partial charge in [-0.3, -0.25) is 33.8 Å². The zero-order valence-corrected chi connectivity index (χ0v) is 23.2. The van der Waals surface area contributed by atoms with Crippen molar-refractivity contribution in [1.29, 1.82) is 0 Å². The van der Waals surface area contributed by atoms with Crippen molar-refractivity contribution in [2.24, 2.45) is 29.4 Å². The van der Waals surface area contributed by atoms with Crippen LogP contribution in [-0.4, -0.2) is 86.9 Å². The zero-order valence-electron chi connectivity index (χ0n) is 22.5. The lowest BCUT2D eigenvalue weighted by Gasteiger charge is -2.52. The number of benzene rings is 1. The quantitative estimate of drug-likeness (QED) is 0.455. The Labute approximate surface area is 231 Å². The highest BCUT2D eigenvalue weighted by Gasteiger charge is 2.69. The molecule has 6 atom stereocenters. The third-order valence-corrected chi connectivity index (χ3v) is 9.97. The summed E-state index contributed by atoms with van der Waals surface area (Å²) in [5.74, 6) is -10.7. The van der Waals surface area contributed by atoms with Crippen molar-refractivity contribution in [1.82, 2.24) is 9.80 Å². The predicted octanol–water partition coefficient (Wildman–Crippen LogP) is 0.895. The lowest BCUT2D eigenvalue weighted by molar-refractivity contribution is -0.181. The van der Waals surface area contributed by atoms with Crippen molar-refractivity contribution < 1.29 is 34.2 Å². The Kier molecular flexibility index (Phi) is 6.57. The molecular formula is C28H34ClN3O7. The summed E-state index contributed by atoms with van der Waals surface area (Å²) in [6, 6.07) is 0.313. The molecule has 2 saturated carbocycles. The molecule has 10 nitrogen and oxygen atoms in total. The molecule has 1 aromatic carbocycles. The number of carbonyl (C=O) groups is 5. The SMILES string of the molecule is CN(C)[C@@H]1C(=O)C(C(N)=O)C(=O)[C@@]2(O)C(=O)C3C(=O)c4c(O)cc(CN5CCCC5(C)C)c(Cl)c4C[C@H]3C[C@@H]12. The van der Waals surface area contributed by atoms with Crippen molar-refractivity contribution >= 4 is 40.6 Å². The molecule has 39 heavy (non-hydrogen) atoms. The van der Waals surface area contributed by atoms with Gasteiger partial charge >= 0.3 is 0 Å². The summed E-state index contributed by atoms with van der Waals surface area (Å²) in [5, 5.41) is 23.0. The van der Waals surface area contributed by atoms with Gasteiger partial charge in [-0.2, -0.15) is 0 Å². The maximum absolute atomic E-state index is 13.9. The topological polar surface area (TPSA) is 158 Å². The van der Waals surface area contributed by atoms with Crippen LogP contribution in [0.5, 0.6) is 5.75 Å². The average Bonchev–Trinajstić information content (AvgIpc) is 3.16. The van der Waals surface area contributed by atoms with Gasteiger partial charge in [0.15, 0.2) is 34.7 Å². The fourth-order valence-electron chi connectivity index (χ4n) is 7.48. The number of nitrogens with two attached hydrogens (primary N) is 1. The Hall–Kier alpha value is -2.66. The van der Waals surface area contributed by atoms with Crippen LogP contribution in [0.2, 0.25) is 5.02 Å². The number of aliphatic hydroxyl groups is 1. The fraction of sp³-hybridized carbons (Fsp3) is 0.607. The maximum atomic E-state index is 13.9. The normalized spacial score (nSPS) is 34.2. The molecule has 3 aliphatic carbocycles. The first-order valence-electron chi connectivity index (χ1n) is 13.3. The second-order valence-electron chi connectivity index (χ2n) is 12.3. The Bertz CT molecular complexity index is 1320. The number of rotatable bonds is 4. The van der Waals surface area contributed by atoms with Crippen molar-refractivity contribution in [2.75, 3.05) is 20.6 Å². The number of nitrogens with zero attached hydrogens (tertiary/aromatic N) is 2. The molecule has 1 amide bonds. The molecule has 0 radical (unpaired) electrons. The molecule has 4 N–H and O–H groups in total. The molecule has 3 fully saturated rings. The standard InChI is InChI=1S/C28H34ClN3O7/c1-27(2)6-5-7-32(27)11-13-10-16(33)18-14(20(13)29)8-12-9-15-21(31(3)4)23(35)19(26(30)38)25(37)28(15,39)24(36)17(12)22(18)34/h10,12,15,17,19,21,33,39H,5-9,11H2,1-4H3,(H2,30,38)/t12-,15-,17?,19?,21-,28-/m0/s1. The van der Waals surface area contributed by atoms with Crippen molar-refractivity contribution in [3.63, 3.8) is 0 Å². The van der Waals surface area contributed by atoms with E-state index in [9.17, 15) is 34.2 Å². The van der Waals surface area contributed by atoms with Crippen molar-refractivity contribution in [3.05, 3.63) is 27.8 Å². The van der Waals surface area contributed by atoms with Crippen LogP contribution in [0.25, 0.3) is 0 Å². The molecule has 1 heterocycles. The minimum atomic E-state index is -2.74. The Morgan fingerprint density at radius 2 is 1.87 bits per heavy atom. The first-order chi connectivity index (χ1) is 18.1. The molecule has 1 aliphatic heterocycles. The van der Waals surface area contributed by atoms with Crippen LogP contribution in [0.1, 0.15) is 54.6 Å². The number of likely N-dealkylation sites (tertiary alicyclic amines) is 1. The van der Waals surface area contributed by atoms with E-state index < -0.39 is 64.4 Å². The average molecular weight is 560 g/mol. The number of hydrogen-bond donors (Lipinski definition) is 3. The summed E-state index contributed by atoms with van der Waals surface area (Å²) in [4.78, 5) is 70.0. The number of likely N-dealkylation sites (N-methyl/N-ethyl adjacent to an activating group) is 1. The number of Topliss-reactive ketones (excluding diaryl/α,β-unsaturated/α-hetero) is 4. The number of phenols is 1. The van der Waals surface area contributed by atoms with Gasteiger partial charge in [0.25, 0.3) is 0 Å². The van der Waals surface area contributed by atoms with Gasteiger partial charge in [0.05, 0.1) is 17.5 Å². The molecular weight excluding hydrogens is 526 g/mol. The molecule has 0 spiro atoms. The van der Waals surface area contributed by atoms with E-state index in [2.05, 4.69) is 18.7 Å². The van der Waals surface area contributed by atoms with Crippen LogP contribution < -0.4 is 5.73 Å². The summed E-state index contributed by atoms with van der Waals surface area (Å²) in [7, 11) is 3.10. The molecule has 5 rings (SSSR count). The second kappa shape index (κ2) is 9.19. The minimum Gasteiger partial charge on any atom is -0.507 e. The van der Waals surface area contributed by atoms with Crippen LogP contribution >= 0.6 is 11.6 Å². The van der Waals surface area contributed by atoms with Crippen LogP contribution in [0.3, 0.4) is 0 Å². The van der Waals surface area contributed by atoms with Crippen LogP contribution in [0.4, 0.5) is 0 Å². The first-order valence-corrected chi connectivity index (χ1v) is 13.6. The number of halogens is 1. The molecule has 210 valence electrons. The lowest BCUT2D eigenvalue weighted by atomic mass is 9.52. The van der Waals surface area contributed by atoms with E-state index in [4.69, 9.17) is 17.3 Å². The molecule has 1 saturated heterocycles. The number of phenolic OH excluding ortho intramolecular Hbond substituents is 1. The number of carbonyl (C=O) groups excluding carboxylic acids is 5. The highest BCUT2D eigenvalue weighted by Crippen LogP contribution is 2.52. The zero-order chi connectivity index (χ0) is 28.8. The molecule has 2 unspecified atom stereocenters. The van der Waals surface area contributed by atoms with E-state index in [1.165, 1.54) is 11.0 Å². The monoisotopic (exact) mass is 559 g/mol. The third-order valence-electron chi connectivity index (χ3n) is 9.50.